The molecule has 0 bridgehead atoms. The molecular weight excluding hydrogens is 256 g/mol. The van der Waals surface area contributed by atoms with Crippen LogP contribution in [0.25, 0.3) is 10.8 Å². The highest BCUT2D eigenvalue weighted by Crippen LogP contribution is 2.14. The molecule has 0 atom stereocenters. The molecule has 1 amide bonds. The lowest BCUT2D eigenvalue weighted by atomic mass is 10.1. The van der Waals surface area contributed by atoms with E-state index in [1.54, 1.807) is 11.1 Å². The Balaban J connectivity index is 1.62. The van der Waals surface area contributed by atoms with Gasteiger partial charge in [-0.25, -0.2) is 4.79 Å². The minimum absolute atomic E-state index is 0.195. The molecule has 2 heterocycles. The summed E-state index contributed by atoms with van der Waals surface area (Å²) in [5, 5.41) is 2.18. The Hall–Kier alpha value is -2.14. The molecule has 0 radical (unpaired) electrons. The summed E-state index contributed by atoms with van der Waals surface area (Å²) < 4.78 is 10.5. The monoisotopic (exact) mass is 272 g/mol. The molecule has 1 aliphatic heterocycles. The van der Waals surface area contributed by atoms with Gasteiger partial charge in [-0.05, 0) is 11.5 Å². The van der Waals surface area contributed by atoms with Gasteiger partial charge in [0.2, 0.25) is 0 Å². The van der Waals surface area contributed by atoms with Gasteiger partial charge in [0, 0.05) is 24.7 Å². The number of nitrogens with zero attached hydrogens (tertiary/aromatic N) is 2. The summed E-state index contributed by atoms with van der Waals surface area (Å²) >= 11 is 0. The predicted molar refractivity (Wildman–Crippen MR) is 74.3 cm³/mol. The highest BCUT2D eigenvalue weighted by atomic mass is 16.6. The quantitative estimate of drug-likeness (QED) is 0.841. The van der Waals surface area contributed by atoms with Gasteiger partial charge in [0.25, 0.3) is 0 Å². The zero-order valence-electron chi connectivity index (χ0n) is 11.1. The normalized spacial score (nSPS) is 15.3. The van der Waals surface area contributed by atoms with Crippen LogP contribution in [0.15, 0.2) is 36.5 Å². The number of fused-ring (bicyclic) bond motifs is 1. The fourth-order valence-electron chi connectivity index (χ4n) is 2.18. The first-order valence-electron chi connectivity index (χ1n) is 6.66. The van der Waals surface area contributed by atoms with Crippen molar-refractivity contribution in [2.75, 3.05) is 26.3 Å². The number of pyridine rings is 1. The van der Waals surface area contributed by atoms with Crippen molar-refractivity contribution in [2.24, 2.45) is 0 Å². The van der Waals surface area contributed by atoms with Crippen LogP contribution in [0.4, 0.5) is 4.79 Å². The Labute approximate surface area is 117 Å². The van der Waals surface area contributed by atoms with Crippen LogP contribution in [-0.2, 0) is 16.1 Å². The molecule has 1 saturated heterocycles. The van der Waals surface area contributed by atoms with Gasteiger partial charge in [-0.3, -0.25) is 4.98 Å². The van der Waals surface area contributed by atoms with E-state index in [1.165, 1.54) is 0 Å². The molecule has 0 aliphatic carbocycles. The van der Waals surface area contributed by atoms with E-state index >= 15 is 0 Å². The summed E-state index contributed by atoms with van der Waals surface area (Å²) in [6.45, 7) is 2.52. The van der Waals surface area contributed by atoms with Crippen molar-refractivity contribution in [3.63, 3.8) is 0 Å². The number of benzene rings is 1. The minimum Gasteiger partial charge on any atom is -0.443 e. The van der Waals surface area contributed by atoms with Crippen LogP contribution >= 0.6 is 0 Å². The lowest BCUT2D eigenvalue weighted by Crippen LogP contribution is -2.40. The van der Waals surface area contributed by atoms with Crippen molar-refractivity contribution in [2.45, 2.75) is 6.61 Å². The Morgan fingerprint density at radius 2 is 2.00 bits per heavy atom. The highest BCUT2D eigenvalue weighted by Gasteiger charge is 2.18. The molecule has 0 spiro atoms. The Kier molecular flexibility index (Phi) is 3.78. The maximum atomic E-state index is 11.9. The molecule has 1 aromatic heterocycles. The van der Waals surface area contributed by atoms with Gasteiger partial charge >= 0.3 is 6.09 Å². The fourth-order valence-corrected chi connectivity index (χ4v) is 2.18. The minimum atomic E-state index is -0.303. The topological polar surface area (TPSA) is 51.7 Å². The third-order valence-electron chi connectivity index (χ3n) is 3.30. The van der Waals surface area contributed by atoms with Crippen LogP contribution in [0.5, 0.6) is 0 Å². The van der Waals surface area contributed by atoms with E-state index < -0.39 is 0 Å². The SMILES string of the molecule is O=C(OCc1cc2ccccc2cn1)N1CCOCC1. The highest BCUT2D eigenvalue weighted by molar-refractivity contribution is 5.81. The largest absolute Gasteiger partial charge is 0.443 e. The van der Waals surface area contributed by atoms with E-state index in [1.807, 2.05) is 30.3 Å². The lowest BCUT2D eigenvalue weighted by molar-refractivity contribution is 0.0246. The van der Waals surface area contributed by atoms with Crippen LogP contribution in [-0.4, -0.2) is 42.3 Å². The summed E-state index contributed by atoms with van der Waals surface area (Å²) in [4.78, 5) is 17.8. The van der Waals surface area contributed by atoms with Crippen molar-refractivity contribution in [1.82, 2.24) is 9.88 Å². The van der Waals surface area contributed by atoms with Gasteiger partial charge in [0.1, 0.15) is 6.61 Å². The van der Waals surface area contributed by atoms with Crippen molar-refractivity contribution < 1.29 is 14.3 Å². The number of rotatable bonds is 2. The average molecular weight is 272 g/mol. The third kappa shape index (κ3) is 2.88. The van der Waals surface area contributed by atoms with Gasteiger partial charge in [-0.2, -0.15) is 0 Å². The number of hydrogen-bond acceptors (Lipinski definition) is 4. The maximum absolute atomic E-state index is 11.9. The van der Waals surface area contributed by atoms with Crippen molar-refractivity contribution >= 4 is 16.9 Å². The standard InChI is InChI=1S/C15H16N2O3/c18-15(17-5-7-19-8-6-17)20-11-14-9-12-3-1-2-4-13(12)10-16-14/h1-4,9-10H,5-8,11H2. The van der Waals surface area contributed by atoms with Gasteiger partial charge in [0.05, 0.1) is 18.9 Å². The molecule has 5 heteroatoms. The number of hydrogen-bond donors (Lipinski definition) is 0. The second-order valence-corrected chi connectivity index (χ2v) is 4.68. The van der Waals surface area contributed by atoms with Crippen LogP contribution in [0.1, 0.15) is 5.69 Å². The first-order valence-corrected chi connectivity index (χ1v) is 6.66. The van der Waals surface area contributed by atoms with Gasteiger partial charge in [0.15, 0.2) is 0 Å². The van der Waals surface area contributed by atoms with Gasteiger partial charge < -0.3 is 14.4 Å². The Bertz CT molecular complexity index is 609. The molecule has 1 aliphatic rings. The Morgan fingerprint density at radius 1 is 1.25 bits per heavy atom. The molecule has 0 unspecified atom stereocenters. The van der Waals surface area contributed by atoms with Crippen molar-refractivity contribution in [3.8, 4) is 0 Å². The molecule has 3 rings (SSSR count). The van der Waals surface area contributed by atoms with E-state index in [2.05, 4.69) is 4.98 Å². The number of ether oxygens (including phenoxy) is 2. The second kappa shape index (κ2) is 5.88. The van der Waals surface area contributed by atoms with Crippen LogP contribution in [0, 0.1) is 0 Å². The molecule has 1 fully saturated rings. The maximum Gasteiger partial charge on any atom is 0.410 e. The molecular formula is C15H16N2O3. The molecule has 2 aromatic rings. The smallest absolute Gasteiger partial charge is 0.410 e. The van der Waals surface area contributed by atoms with E-state index in [0.717, 1.165) is 16.5 Å². The number of aromatic nitrogens is 1. The molecule has 1 aromatic carbocycles. The van der Waals surface area contributed by atoms with Crippen LogP contribution in [0.3, 0.4) is 0 Å². The third-order valence-corrected chi connectivity index (χ3v) is 3.30. The van der Waals surface area contributed by atoms with Gasteiger partial charge in [-0.15, -0.1) is 0 Å². The average Bonchev–Trinajstić information content (AvgIpc) is 2.53. The molecule has 5 nitrogen and oxygen atoms in total. The summed E-state index contributed by atoms with van der Waals surface area (Å²) in [6, 6.07) is 9.92. The van der Waals surface area contributed by atoms with Crippen LogP contribution in [0.2, 0.25) is 0 Å². The summed E-state index contributed by atoms with van der Waals surface area (Å²) in [7, 11) is 0. The number of carbonyl (C=O) groups excluding carboxylic acids is 1. The number of morpholine rings is 1. The number of amides is 1. The zero-order valence-corrected chi connectivity index (χ0v) is 11.1. The van der Waals surface area contributed by atoms with Gasteiger partial charge in [-0.1, -0.05) is 24.3 Å². The first-order chi connectivity index (χ1) is 9.83. The molecule has 104 valence electrons. The summed E-state index contributed by atoms with van der Waals surface area (Å²) in [6.07, 6.45) is 1.50. The first kappa shape index (κ1) is 12.9. The van der Waals surface area contributed by atoms with E-state index in [0.29, 0.717) is 26.3 Å². The van der Waals surface area contributed by atoms with E-state index in [-0.39, 0.29) is 12.7 Å². The molecule has 0 saturated carbocycles. The summed E-state index contributed by atoms with van der Waals surface area (Å²) in [5.74, 6) is 0. The number of carbonyl (C=O) groups is 1. The zero-order chi connectivity index (χ0) is 13.8. The molecule has 20 heavy (non-hydrogen) atoms. The Morgan fingerprint density at radius 3 is 2.80 bits per heavy atom. The fraction of sp³-hybridized carbons (Fsp3) is 0.333. The van der Waals surface area contributed by atoms with E-state index in [9.17, 15) is 4.79 Å². The molecule has 0 N–H and O–H groups in total. The lowest BCUT2D eigenvalue weighted by Gasteiger charge is -2.25. The van der Waals surface area contributed by atoms with Crippen LogP contribution < -0.4 is 0 Å². The van der Waals surface area contributed by atoms with Crippen molar-refractivity contribution in [3.05, 3.63) is 42.2 Å². The summed E-state index contributed by atoms with van der Waals surface area (Å²) in [5.41, 5.74) is 0.755. The predicted octanol–water partition coefficient (Wildman–Crippen LogP) is 2.20. The second-order valence-electron chi connectivity index (χ2n) is 4.68. The van der Waals surface area contributed by atoms with Crippen molar-refractivity contribution in [1.29, 1.82) is 0 Å². The van der Waals surface area contributed by atoms with E-state index in [4.69, 9.17) is 9.47 Å².